The van der Waals surface area contributed by atoms with Crippen LogP contribution in [0.15, 0.2) is 65.1 Å². The number of ether oxygens (including phenoxy) is 3. The maximum atomic E-state index is 11.6. The third-order valence-corrected chi connectivity index (χ3v) is 5.01. The monoisotopic (exact) mass is 451 g/mol. The number of hydrogen-bond acceptors (Lipinski definition) is 8. The van der Waals surface area contributed by atoms with E-state index < -0.39 is 0 Å². The zero-order valence-electron chi connectivity index (χ0n) is 18.0. The predicted octanol–water partition coefficient (Wildman–Crippen LogP) is 4.80. The molecule has 0 radical (unpaired) electrons. The molecule has 1 heterocycles. The van der Waals surface area contributed by atoms with Crippen LogP contribution in [0.1, 0.15) is 23.7 Å². The number of aromatic nitrogens is 1. The number of thiazole rings is 1. The van der Waals surface area contributed by atoms with Crippen LogP contribution in [0.5, 0.6) is 11.5 Å². The molecule has 2 aromatic carbocycles. The van der Waals surface area contributed by atoms with E-state index >= 15 is 0 Å². The summed E-state index contributed by atoms with van der Waals surface area (Å²) >= 11 is 1.36. The molecule has 0 saturated carbocycles. The number of para-hydroxylation sites is 1. The molecule has 0 fully saturated rings. The third kappa shape index (κ3) is 6.95. The Labute approximate surface area is 191 Å². The molecule has 0 bridgehead atoms. The highest BCUT2D eigenvalue weighted by molar-refractivity contribution is 7.13. The molecular weight excluding hydrogens is 426 g/mol. The van der Waals surface area contributed by atoms with Gasteiger partial charge < -0.3 is 14.2 Å². The van der Waals surface area contributed by atoms with Crippen LogP contribution in [0.4, 0.5) is 5.13 Å². The molecule has 7 nitrogen and oxygen atoms in total. The number of hydrazone groups is 1. The van der Waals surface area contributed by atoms with Gasteiger partial charge in [-0.05, 0) is 30.7 Å². The van der Waals surface area contributed by atoms with Crippen molar-refractivity contribution in [2.75, 3.05) is 25.7 Å². The van der Waals surface area contributed by atoms with Gasteiger partial charge in [-0.25, -0.2) is 4.98 Å². The standard InChI is InChI=1S/C24H25N3O4S/c1-3-30-22(28)15-20-17-32-24(26-20)27-25-16-19-12-7-13-21(29-2)23(19)31-14-8-11-18-9-5-4-6-10-18/h4-13,16-17H,3,14-15H2,1-2H3,(H,26,27). The Balaban J connectivity index is 1.62. The largest absolute Gasteiger partial charge is 0.493 e. The molecule has 32 heavy (non-hydrogen) atoms. The molecule has 0 aliphatic heterocycles. The van der Waals surface area contributed by atoms with Crippen LogP contribution in [0, 0.1) is 0 Å². The van der Waals surface area contributed by atoms with Crippen molar-refractivity contribution in [3.05, 3.63) is 76.8 Å². The summed E-state index contributed by atoms with van der Waals surface area (Å²) < 4.78 is 16.3. The van der Waals surface area contributed by atoms with Gasteiger partial charge in [0, 0.05) is 10.9 Å². The number of nitrogens with one attached hydrogen (secondary N) is 1. The van der Waals surface area contributed by atoms with Crippen molar-refractivity contribution in [3.63, 3.8) is 0 Å². The first-order valence-electron chi connectivity index (χ1n) is 10.1. The summed E-state index contributed by atoms with van der Waals surface area (Å²) in [6, 6.07) is 15.6. The minimum Gasteiger partial charge on any atom is -0.493 e. The molecule has 0 aliphatic rings. The van der Waals surface area contributed by atoms with E-state index in [1.165, 1.54) is 11.3 Å². The van der Waals surface area contributed by atoms with Crippen LogP contribution >= 0.6 is 11.3 Å². The summed E-state index contributed by atoms with van der Waals surface area (Å²) in [7, 11) is 1.60. The van der Waals surface area contributed by atoms with Crippen molar-refractivity contribution in [3.8, 4) is 11.5 Å². The highest BCUT2D eigenvalue weighted by Crippen LogP contribution is 2.30. The molecule has 0 saturated heterocycles. The fourth-order valence-electron chi connectivity index (χ4n) is 2.79. The van der Waals surface area contributed by atoms with Gasteiger partial charge in [-0.3, -0.25) is 10.2 Å². The van der Waals surface area contributed by atoms with Crippen molar-refractivity contribution in [1.29, 1.82) is 0 Å². The lowest BCUT2D eigenvalue weighted by Crippen LogP contribution is -2.07. The van der Waals surface area contributed by atoms with Crippen molar-refractivity contribution in [1.82, 2.24) is 4.98 Å². The second-order valence-corrected chi connectivity index (χ2v) is 7.36. The van der Waals surface area contributed by atoms with Gasteiger partial charge in [0.25, 0.3) is 0 Å². The third-order valence-electron chi connectivity index (χ3n) is 4.21. The van der Waals surface area contributed by atoms with Crippen molar-refractivity contribution < 1.29 is 19.0 Å². The van der Waals surface area contributed by atoms with Crippen LogP contribution in [0.25, 0.3) is 6.08 Å². The zero-order valence-corrected chi connectivity index (χ0v) is 18.8. The highest BCUT2D eigenvalue weighted by atomic mass is 32.1. The molecule has 8 heteroatoms. The smallest absolute Gasteiger partial charge is 0.311 e. The van der Waals surface area contributed by atoms with Crippen molar-refractivity contribution >= 4 is 34.7 Å². The van der Waals surface area contributed by atoms with Crippen LogP contribution in [0.2, 0.25) is 0 Å². The average Bonchev–Trinajstić information content (AvgIpc) is 3.25. The van der Waals surface area contributed by atoms with Gasteiger partial charge in [0.05, 0.1) is 32.0 Å². The summed E-state index contributed by atoms with van der Waals surface area (Å²) in [6.07, 6.45) is 5.73. The molecule has 3 aromatic rings. The molecule has 0 aliphatic carbocycles. The SMILES string of the molecule is CCOC(=O)Cc1csc(NN=Cc2cccc(OC)c2OCC=Cc2ccccc2)n1. The number of esters is 1. The number of hydrogen-bond donors (Lipinski definition) is 1. The van der Waals surface area contributed by atoms with Crippen LogP contribution in [-0.4, -0.2) is 37.5 Å². The first-order valence-corrected chi connectivity index (χ1v) is 11.0. The fraction of sp³-hybridized carbons (Fsp3) is 0.208. The fourth-order valence-corrected chi connectivity index (χ4v) is 3.44. The van der Waals surface area contributed by atoms with Gasteiger partial charge in [-0.15, -0.1) is 11.3 Å². The second kappa shape index (κ2) is 12.3. The maximum absolute atomic E-state index is 11.6. The minimum atomic E-state index is -0.299. The molecule has 0 spiro atoms. The Morgan fingerprint density at radius 2 is 2.03 bits per heavy atom. The number of nitrogens with zero attached hydrogens (tertiary/aromatic N) is 2. The Hall–Kier alpha value is -3.65. The van der Waals surface area contributed by atoms with E-state index in [1.54, 1.807) is 25.6 Å². The van der Waals surface area contributed by atoms with Gasteiger partial charge in [-0.2, -0.15) is 5.10 Å². The predicted molar refractivity (Wildman–Crippen MR) is 128 cm³/mol. The summed E-state index contributed by atoms with van der Waals surface area (Å²) in [5.41, 5.74) is 5.39. The molecule has 1 aromatic heterocycles. The molecule has 3 rings (SSSR count). The Morgan fingerprint density at radius 3 is 2.81 bits per heavy atom. The van der Waals surface area contributed by atoms with Gasteiger partial charge in [0.1, 0.15) is 6.61 Å². The number of benzene rings is 2. The van der Waals surface area contributed by atoms with Crippen LogP contribution < -0.4 is 14.9 Å². The van der Waals surface area contributed by atoms with Crippen molar-refractivity contribution in [2.45, 2.75) is 13.3 Å². The Bertz CT molecular complexity index is 1060. The number of rotatable bonds is 11. The quantitative estimate of drug-likeness (QED) is 0.256. The Morgan fingerprint density at radius 1 is 1.19 bits per heavy atom. The first kappa shape index (κ1) is 23.0. The Kier molecular flexibility index (Phi) is 8.82. The lowest BCUT2D eigenvalue weighted by molar-refractivity contribution is -0.142. The number of anilines is 1. The average molecular weight is 452 g/mol. The molecule has 0 amide bonds. The second-order valence-electron chi connectivity index (χ2n) is 6.50. The zero-order chi connectivity index (χ0) is 22.6. The lowest BCUT2D eigenvalue weighted by Gasteiger charge is -2.11. The molecule has 0 unspecified atom stereocenters. The van der Waals surface area contributed by atoms with E-state index in [2.05, 4.69) is 15.5 Å². The topological polar surface area (TPSA) is 82.0 Å². The first-order chi connectivity index (χ1) is 15.7. The lowest BCUT2D eigenvalue weighted by atomic mass is 10.2. The molecule has 166 valence electrons. The molecule has 0 atom stereocenters. The maximum Gasteiger partial charge on any atom is 0.311 e. The van der Waals surface area contributed by atoms with Gasteiger partial charge in [-0.1, -0.05) is 42.5 Å². The number of carbonyl (C=O) groups excluding carboxylic acids is 1. The summed E-state index contributed by atoms with van der Waals surface area (Å²) in [6.45, 7) is 2.51. The molecule has 1 N–H and O–H groups in total. The van der Waals surface area contributed by atoms with E-state index in [0.717, 1.165) is 11.1 Å². The van der Waals surface area contributed by atoms with Gasteiger partial charge in [0.2, 0.25) is 5.13 Å². The van der Waals surface area contributed by atoms with E-state index in [4.69, 9.17) is 14.2 Å². The van der Waals surface area contributed by atoms with Gasteiger partial charge >= 0.3 is 5.97 Å². The summed E-state index contributed by atoms with van der Waals surface area (Å²) in [4.78, 5) is 15.9. The van der Waals surface area contributed by atoms with E-state index in [0.29, 0.717) is 35.5 Å². The number of methoxy groups -OCH3 is 1. The van der Waals surface area contributed by atoms with Gasteiger partial charge in [0.15, 0.2) is 11.5 Å². The van der Waals surface area contributed by atoms with E-state index in [-0.39, 0.29) is 12.4 Å². The van der Waals surface area contributed by atoms with Crippen molar-refractivity contribution in [2.24, 2.45) is 5.10 Å². The normalized spacial score (nSPS) is 11.1. The van der Waals surface area contributed by atoms with E-state index in [9.17, 15) is 4.79 Å². The minimum absolute atomic E-state index is 0.139. The highest BCUT2D eigenvalue weighted by Gasteiger charge is 2.10. The molecular formula is C24H25N3O4S. The van der Waals surface area contributed by atoms with E-state index in [1.807, 2.05) is 60.7 Å². The number of carbonyl (C=O) groups is 1. The summed E-state index contributed by atoms with van der Waals surface area (Å²) in [5, 5.41) is 6.64. The summed E-state index contributed by atoms with van der Waals surface area (Å²) in [5.74, 6) is 0.917. The van der Waals surface area contributed by atoms with Crippen LogP contribution in [0.3, 0.4) is 0 Å². The van der Waals surface area contributed by atoms with Crippen LogP contribution in [-0.2, 0) is 16.0 Å².